The minimum atomic E-state index is -0.199. The number of nitrogens with one attached hydrogen (secondary N) is 1. The second kappa shape index (κ2) is 6.06. The maximum Gasteiger partial charge on any atom is 0.269 e. The van der Waals surface area contributed by atoms with E-state index in [2.05, 4.69) is 24.1 Å². The van der Waals surface area contributed by atoms with Gasteiger partial charge in [-0.2, -0.15) is 0 Å². The molecule has 1 amide bonds. The van der Waals surface area contributed by atoms with E-state index in [0.29, 0.717) is 17.3 Å². The van der Waals surface area contributed by atoms with E-state index in [0.717, 1.165) is 5.56 Å². The number of aromatic nitrogens is 1. The van der Waals surface area contributed by atoms with Crippen LogP contribution in [0.5, 0.6) is 0 Å². The van der Waals surface area contributed by atoms with Crippen LogP contribution in [0.4, 0.5) is 0 Å². The second-order valence-electron chi connectivity index (χ2n) is 5.29. The number of nitrogens with zero attached hydrogens (tertiary/aromatic N) is 1. The first-order chi connectivity index (χ1) is 9.49. The highest BCUT2D eigenvalue weighted by Crippen LogP contribution is 2.24. The van der Waals surface area contributed by atoms with Crippen molar-refractivity contribution in [2.45, 2.75) is 19.3 Å². The Bertz CT molecular complexity index is 596. The van der Waals surface area contributed by atoms with Crippen molar-refractivity contribution in [2.24, 2.45) is 0 Å². The predicted molar refractivity (Wildman–Crippen MR) is 81.0 cm³/mol. The van der Waals surface area contributed by atoms with Crippen LogP contribution in [0, 0.1) is 0 Å². The van der Waals surface area contributed by atoms with Crippen LogP contribution in [0.15, 0.2) is 48.7 Å². The molecule has 0 saturated heterocycles. The van der Waals surface area contributed by atoms with Crippen LogP contribution in [0.2, 0.25) is 5.02 Å². The van der Waals surface area contributed by atoms with Gasteiger partial charge in [-0.3, -0.25) is 9.78 Å². The molecule has 20 heavy (non-hydrogen) atoms. The Morgan fingerprint density at radius 2 is 2.05 bits per heavy atom. The highest BCUT2D eigenvalue weighted by atomic mass is 35.5. The van der Waals surface area contributed by atoms with Gasteiger partial charge in [0.2, 0.25) is 0 Å². The van der Waals surface area contributed by atoms with Crippen LogP contribution in [-0.4, -0.2) is 17.4 Å². The van der Waals surface area contributed by atoms with E-state index in [1.165, 1.54) is 0 Å². The Balaban J connectivity index is 2.04. The summed E-state index contributed by atoms with van der Waals surface area (Å²) in [4.78, 5) is 16.0. The number of rotatable bonds is 4. The number of halogens is 1. The molecule has 0 aliphatic rings. The molecule has 2 rings (SSSR count). The van der Waals surface area contributed by atoms with Gasteiger partial charge >= 0.3 is 0 Å². The third kappa shape index (κ3) is 3.58. The van der Waals surface area contributed by atoms with Crippen molar-refractivity contribution in [3.05, 3.63) is 64.9 Å². The Morgan fingerprint density at radius 1 is 1.25 bits per heavy atom. The van der Waals surface area contributed by atoms with Crippen LogP contribution in [0.1, 0.15) is 29.9 Å². The summed E-state index contributed by atoms with van der Waals surface area (Å²) < 4.78 is 0. The van der Waals surface area contributed by atoms with E-state index in [-0.39, 0.29) is 11.3 Å². The summed E-state index contributed by atoms with van der Waals surface area (Å²) in [7, 11) is 0. The van der Waals surface area contributed by atoms with Gasteiger partial charge in [-0.05, 0) is 29.8 Å². The molecular weight excluding hydrogens is 272 g/mol. The number of carbonyl (C=O) groups excluding carboxylic acids is 1. The fourth-order valence-corrected chi connectivity index (χ4v) is 2.09. The van der Waals surface area contributed by atoms with E-state index < -0.39 is 0 Å². The summed E-state index contributed by atoms with van der Waals surface area (Å²) in [5, 5.41) is 3.61. The van der Waals surface area contributed by atoms with Crippen molar-refractivity contribution in [1.29, 1.82) is 0 Å². The van der Waals surface area contributed by atoms with Gasteiger partial charge in [0.25, 0.3) is 5.91 Å². The van der Waals surface area contributed by atoms with E-state index in [4.69, 9.17) is 11.6 Å². The fourth-order valence-electron chi connectivity index (χ4n) is 1.90. The smallest absolute Gasteiger partial charge is 0.269 e. The largest absolute Gasteiger partial charge is 0.350 e. The molecule has 1 aromatic carbocycles. The lowest BCUT2D eigenvalue weighted by molar-refractivity contribution is 0.0940. The van der Waals surface area contributed by atoms with Gasteiger partial charge in [0.05, 0.1) is 0 Å². The van der Waals surface area contributed by atoms with Gasteiger partial charge in [0.15, 0.2) is 0 Å². The Labute approximate surface area is 124 Å². The molecule has 0 fully saturated rings. The molecule has 0 radical (unpaired) electrons. The molecule has 2 aromatic rings. The zero-order valence-corrected chi connectivity index (χ0v) is 12.3. The molecule has 0 unspecified atom stereocenters. The first kappa shape index (κ1) is 14.5. The first-order valence-electron chi connectivity index (χ1n) is 6.44. The summed E-state index contributed by atoms with van der Waals surface area (Å²) in [6.45, 7) is 4.65. The molecular formula is C16H17ClN2O. The van der Waals surface area contributed by atoms with Gasteiger partial charge in [0, 0.05) is 23.2 Å². The fraction of sp³-hybridized carbons (Fsp3) is 0.250. The lowest BCUT2D eigenvalue weighted by atomic mass is 9.84. The number of pyridine rings is 1. The van der Waals surface area contributed by atoms with Crippen LogP contribution in [0.3, 0.4) is 0 Å². The van der Waals surface area contributed by atoms with Crippen molar-refractivity contribution in [3.63, 3.8) is 0 Å². The van der Waals surface area contributed by atoms with Crippen LogP contribution in [0.25, 0.3) is 0 Å². The Hall–Kier alpha value is -1.87. The average molecular weight is 289 g/mol. The Kier molecular flexibility index (Phi) is 4.40. The number of benzene rings is 1. The van der Waals surface area contributed by atoms with Crippen molar-refractivity contribution >= 4 is 17.5 Å². The summed E-state index contributed by atoms with van der Waals surface area (Å²) in [5.41, 5.74) is 1.32. The Morgan fingerprint density at radius 3 is 2.70 bits per heavy atom. The van der Waals surface area contributed by atoms with E-state index >= 15 is 0 Å². The summed E-state index contributed by atoms with van der Waals surface area (Å²) >= 11 is 6.01. The number of amides is 1. The minimum Gasteiger partial charge on any atom is -0.350 e. The zero-order chi connectivity index (χ0) is 14.6. The highest BCUT2D eigenvalue weighted by molar-refractivity contribution is 6.30. The second-order valence-corrected chi connectivity index (χ2v) is 5.73. The van der Waals surface area contributed by atoms with Crippen molar-refractivity contribution < 1.29 is 4.79 Å². The number of hydrogen-bond donors (Lipinski definition) is 1. The average Bonchev–Trinajstić information content (AvgIpc) is 2.46. The molecule has 1 heterocycles. The van der Waals surface area contributed by atoms with Crippen molar-refractivity contribution in [1.82, 2.24) is 10.3 Å². The van der Waals surface area contributed by atoms with Crippen molar-refractivity contribution in [2.75, 3.05) is 6.54 Å². The van der Waals surface area contributed by atoms with Gasteiger partial charge in [0.1, 0.15) is 5.69 Å². The van der Waals surface area contributed by atoms with Crippen LogP contribution >= 0.6 is 11.6 Å². The van der Waals surface area contributed by atoms with E-state index in [1.807, 2.05) is 24.3 Å². The van der Waals surface area contributed by atoms with Gasteiger partial charge < -0.3 is 5.32 Å². The zero-order valence-electron chi connectivity index (χ0n) is 11.6. The lowest BCUT2D eigenvalue weighted by Crippen LogP contribution is -2.37. The van der Waals surface area contributed by atoms with Crippen molar-refractivity contribution in [3.8, 4) is 0 Å². The summed E-state index contributed by atoms with van der Waals surface area (Å²) in [6.07, 6.45) is 1.61. The van der Waals surface area contributed by atoms with Crippen LogP contribution < -0.4 is 5.32 Å². The number of hydrogen-bond acceptors (Lipinski definition) is 2. The van der Waals surface area contributed by atoms with E-state index in [1.54, 1.807) is 24.4 Å². The third-order valence-electron chi connectivity index (χ3n) is 3.19. The topological polar surface area (TPSA) is 42.0 Å². The lowest BCUT2D eigenvalue weighted by Gasteiger charge is -2.25. The predicted octanol–water partition coefficient (Wildman–Crippen LogP) is 3.44. The third-order valence-corrected chi connectivity index (χ3v) is 3.43. The quantitative estimate of drug-likeness (QED) is 0.936. The molecule has 1 N–H and O–H groups in total. The molecule has 104 valence electrons. The normalized spacial score (nSPS) is 11.2. The van der Waals surface area contributed by atoms with E-state index in [9.17, 15) is 4.79 Å². The van der Waals surface area contributed by atoms with Crippen LogP contribution in [-0.2, 0) is 5.41 Å². The van der Waals surface area contributed by atoms with Gasteiger partial charge in [-0.25, -0.2) is 0 Å². The summed E-state index contributed by atoms with van der Waals surface area (Å²) in [5.74, 6) is -0.166. The molecule has 0 saturated carbocycles. The minimum absolute atomic E-state index is 0.166. The molecule has 1 aromatic heterocycles. The molecule has 3 nitrogen and oxygen atoms in total. The molecule has 0 aliphatic carbocycles. The van der Waals surface area contributed by atoms with Gasteiger partial charge in [-0.1, -0.05) is 43.6 Å². The summed E-state index contributed by atoms with van der Waals surface area (Å²) in [6, 6.07) is 13.0. The number of carbonyl (C=O) groups is 1. The standard InChI is InChI=1S/C16H17ClN2O/c1-16(2,12-6-5-7-13(17)10-12)11-19-15(20)14-8-3-4-9-18-14/h3-10H,11H2,1-2H3,(H,19,20). The first-order valence-corrected chi connectivity index (χ1v) is 6.82. The maximum absolute atomic E-state index is 12.0. The highest BCUT2D eigenvalue weighted by Gasteiger charge is 2.22. The molecule has 4 heteroatoms. The molecule has 0 spiro atoms. The maximum atomic E-state index is 12.0. The van der Waals surface area contributed by atoms with Gasteiger partial charge in [-0.15, -0.1) is 0 Å². The SMILES string of the molecule is CC(C)(CNC(=O)c1ccccn1)c1cccc(Cl)c1. The molecule has 0 bridgehead atoms. The monoisotopic (exact) mass is 288 g/mol. The molecule has 0 aliphatic heterocycles. The molecule has 0 atom stereocenters.